The number of amides is 1. The van der Waals surface area contributed by atoms with Crippen LogP contribution in [-0.2, 0) is 20.7 Å². The first-order valence-electron chi connectivity index (χ1n) is 9.45. The van der Waals surface area contributed by atoms with E-state index in [-0.39, 0.29) is 25.0 Å². The molecule has 1 aliphatic carbocycles. The maximum atomic E-state index is 12.1. The first-order chi connectivity index (χ1) is 12.5. The van der Waals surface area contributed by atoms with E-state index in [9.17, 15) is 9.59 Å². The largest absolute Gasteiger partial charge is 0.464 e. The summed E-state index contributed by atoms with van der Waals surface area (Å²) in [6.07, 6.45) is 8.49. The second-order valence-electron chi connectivity index (χ2n) is 7.29. The summed E-state index contributed by atoms with van der Waals surface area (Å²) in [5.74, 6) is -0.629. The van der Waals surface area contributed by atoms with Crippen LogP contribution in [-0.4, -0.2) is 24.5 Å². The predicted molar refractivity (Wildman–Crippen MR) is 100.0 cm³/mol. The molecule has 1 aliphatic rings. The second kappa shape index (κ2) is 8.39. The summed E-state index contributed by atoms with van der Waals surface area (Å²) in [6, 6.07) is 4.21. The summed E-state index contributed by atoms with van der Waals surface area (Å²) in [5, 5.41) is 3.91. The van der Waals surface area contributed by atoms with Crippen molar-refractivity contribution in [1.82, 2.24) is 5.32 Å². The lowest BCUT2D eigenvalue weighted by Gasteiger charge is -2.16. The third-order valence-electron chi connectivity index (χ3n) is 5.19. The Kier molecular flexibility index (Phi) is 5.96. The highest BCUT2D eigenvalue weighted by molar-refractivity contribution is 5.87. The van der Waals surface area contributed by atoms with Gasteiger partial charge in [-0.3, -0.25) is 9.59 Å². The number of furan rings is 1. The fourth-order valence-electron chi connectivity index (χ4n) is 3.52. The number of rotatable bonds is 5. The van der Waals surface area contributed by atoms with E-state index in [2.05, 4.69) is 5.32 Å². The van der Waals surface area contributed by atoms with Crippen LogP contribution in [0.5, 0.6) is 0 Å². The van der Waals surface area contributed by atoms with Gasteiger partial charge in [0.05, 0.1) is 12.7 Å². The Bertz CT molecular complexity index is 785. The lowest BCUT2D eigenvalue weighted by Crippen LogP contribution is -2.37. The zero-order valence-corrected chi connectivity index (χ0v) is 15.6. The lowest BCUT2D eigenvalue weighted by molar-refractivity contribution is -0.148. The van der Waals surface area contributed by atoms with Gasteiger partial charge in [0, 0.05) is 17.0 Å². The van der Waals surface area contributed by atoms with E-state index >= 15 is 0 Å². The van der Waals surface area contributed by atoms with Crippen molar-refractivity contribution < 1.29 is 18.7 Å². The van der Waals surface area contributed by atoms with Crippen molar-refractivity contribution in [3.05, 3.63) is 35.1 Å². The zero-order valence-electron chi connectivity index (χ0n) is 15.6. The molecule has 0 atom stereocenters. The van der Waals surface area contributed by atoms with Gasteiger partial charge in [-0.15, -0.1) is 0 Å². The third kappa shape index (κ3) is 4.65. The number of esters is 1. The average Bonchev–Trinajstić information content (AvgIpc) is 2.82. The van der Waals surface area contributed by atoms with Crippen LogP contribution in [0, 0.1) is 13.8 Å². The fourth-order valence-corrected chi connectivity index (χ4v) is 3.52. The molecule has 3 rings (SSSR count). The van der Waals surface area contributed by atoms with Crippen LogP contribution in [0.25, 0.3) is 11.0 Å². The molecule has 0 radical (unpaired) electrons. The maximum Gasteiger partial charge on any atom is 0.310 e. The molecule has 1 saturated carbocycles. The van der Waals surface area contributed by atoms with E-state index in [1.807, 2.05) is 26.0 Å². The quantitative estimate of drug-likeness (QED) is 0.649. The third-order valence-corrected chi connectivity index (χ3v) is 5.19. The van der Waals surface area contributed by atoms with E-state index in [1.165, 1.54) is 12.8 Å². The van der Waals surface area contributed by atoms with Crippen LogP contribution < -0.4 is 5.32 Å². The van der Waals surface area contributed by atoms with Crippen molar-refractivity contribution >= 4 is 22.8 Å². The van der Waals surface area contributed by atoms with Gasteiger partial charge >= 0.3 is 5.97 Å². The average molecular weight is 357 g/mol. The molecule has 1 aromatic carbocycles. The normalized spacial score (nSPS) is 15.6. The van der Waals surface area contributed by atoms with E-state index < -0.39 is 5.97 Å². The van der Waals surface area contributed by atoms with Crippen LogP contribution in [0.3, 0.4) is 0 Å². The number of fused-ring (bicyclic) bond motifs is 1. The Balaban J connectivity index is 1.51. The van der Waals surface area contributed by atoms with Gasteiger partial charge in [-0.05, 0) is 49.9 Å². The summed E-state index contributed by atoms with van der Waals surface area (Å²) >= 11 is 0. The highest BCUT2D eigenvalue weighted by atomic mass is 16.5. The summed E-state index contributed by atoms with van der Waals surface area (Å²) in [7, 11) is 0. The van der Waals surface area contributed by atoms with Crippen LogP contribution in [0.2, 0.25) is 0 Å². The molecular formula is C21H27NO4. The fraction of sp³-hybridized carbons (Fsp3) is 0.524. The molecule has 1 heterocycles. The molecule has 0 unspecified atom stereocenters. The predicted octanol–water partition coefficient (Wildman–Crippen LogP) is 3.97. The van der Waals surface area contributed by atoms with Gasteiger partial charge in [0.1, 0.15) is 5.58 Å². The Labute approximate surface area is 154 Å². The first kappa shape index (κ1) is 18.5. The highest BCUT2D eigenvalue weighted by Crippen LogP contribution is 2.25. The molecule has 1 amide bonds. The van der Waals surface area contributed by atoms with Crippen molar-refractivity contribution in [1.29, 1.82) is 0 Å². The molecule has 0 bridgehead atoms. The Hall–Kier alpha value is -2.30. The van der Waals surface area contributed by atoms with Crippen LogP contribution in [0.4, 0.5) is 0 Å². The number of benzene rings is 1. The van der Waals surface area contributed by atoms with Gasteiger partial charge in [-0.1, -0.05) is 25.7 Å². The number of carbonyl (C=O) groups is 2. The van der Waals surface area contributed by atoms with Gasteiger partial charge in [0.2, 0.25) is 0 Å². The van der Waals surface area contributed by atoms with Gasteiger partial charge in [-0.2, -0.15) is 0 Å². The number of carbonyl (C=O) groups excluding carboxylic acids is 2. The Morgan fingerprint density at radius 1 is 1.12 bits per heavy atom. The summed E-state index contributed by atoms with van der Waals surface area (Å²) in [4.78, 5) is 24.1. The van der Waals surface area contributed by atoms with Crippen molar-refractivity contribution in [2.75, 3.05) is 6.61 Å². The number of hydrogen-bond acceptors (Lipinski definition) is 4. The van der Waals surface area contributed by atoms with Gasteiger partial charge < -0.3 is 14.5 Å². The second-order valence-corrected chi connectivity index (χ2v) is 7.29. The minimum atomic E-state index is -0.415. The molecule has 1 fully saturated rings. The van der Waals surface area contributed by atoms with Crippen LogP contribution in [0.15, 0.2) is 22.8 Å². The minimum Gasteiger partial charge on any atom is -0.464 e. The molecule has 1 aromatic heterocycles. The monoisotopic (exact) mass is 357 g/mol. The molecule has 2 aromatic rings. The maximum absolute atomic E-state index is 12.1. The number of hydrogen-bond donors (Lipinski definition) is 1. The van der Waals surface area contributed by atoms with Crippen molar-refractivity contribution in [2.45, 2.75) is 64.8 Å². The molecule has 0 saturated heterocycles. The molecule has 140 valence electrons. The van der Waals surface area contributed by atoms with Crippen molar-refractivity contribution in [3.63, 3.8) is 0 Å². The number of nitrogens with one attached hydrogen (secondary N) is 1. The molecule has 0 spiro atoms. The van der Waals surface area contributed by atoms with E-state index in [0.717, 1.165) is 53.3 Å². The van der Waals surface area contributed by atoms with Crippen molar-refractivity contribution in [2.24, 2.45) is 0 Å². The SMILES string of the molecule is Cc1cc2occ(CC(=O)OCC(=O)NC3CCCCCC3)c2cc1C. The molecule has 26 heavy (non-hydrogen) atoms. The van der Waals surface area contributed by atoms with E-state index in [1.54, 1.807) is 6.26 Å². The van der Waals surface area contributed by atoms with Gasteiger partial charge in [0.15, 0.2) is 6.61 Å². The molecule has 5 heteroatoms. The smallest absolute Gasteiger partial charge is 0.310 e. The van der Waals surface area contributed by atoms with Crippen LogP contribution in [0.1, 0.15) is 55.2 Å². The molecular weight excluding hydrogens is 330 g/mol. The topological polar surface area (TPSA) is 68.5 Å². The minimum absolute atomic E-state index is 0.103. The van der Waals surface area contributed by atoms with Gasteiger partial charge in [-0.25, -0.2) is 0 Å². The van der Waals surface area contributed by atoms with Crippen LogP contribution >= 0.6 is 0 Å². The summed E-state index contributed by atoms with van der Waals surface area (Å²) < 4.78 is 10.7. The standard InChI is InChI=1S/C21H27NO4/c1-14-9-18-16(12-25-19(18)10-15(14)2)11-21(24)26-13-20(23)22-17-7-5-3-4-6-8-17/h9-10,12,17H,3-8,11,13H2,1-2H3,(H,22,23). The van der Waals surface area contributed by atoms with Crippen molar-refractivity contribution in [3.8, 4) is 0 Å². The lowest BCUT2D eigenvalue weighted by atomic mass is 10.0. The summed E-state index contributed by atoms with van der Waals surface area (Å²) in [5.41, 5.74) is 3.85. The highest BCUT2D eigenvalue weighted by Gasteiger charge is 2.17. The summed E-state index contributed by atoms with van der Waals surface area (Å²) in [6.45, 7) is 3.84. The molecule has 1 N–H and O–H groups in total. The number of aryl methyl sites for hydroxylation is 2. The van der Waals surface area contributed by atoms with Gasteiger partial charge in [0.25, 0.3) is 5.91 Å². The Morgan fingerprint density at radius 2 is 1.81 bits per heavy atom. The first-order valence-corrected chi connectivity index (χ1v) is 9.45. The Morgan fingerprint density at radius 3 is 2.54 bits per heavy atom. The zero-order chi connectivity index (χ0) is 18.5. The number of ether oxygens (including phenoxy) is 1. The van der Waals surface area contributed by atoms with E-state index in [4.69, 9.17) is 9.15 Å². The molecule has 5 nitrogen and oxygen atoms in total. The molecule has 0 aliphatic heterocycles. The van der Waals surface area contributed by atoms with E-state index in [0.29, 0.717) is 0 Å².